The molecule has 19 heavy (non-hydrogen) atoms. The number of carboxylic acids is 1. The Hall–Kier alpha value is -1.60. The van der Waals surface area contributed by atoms with Gasteiger partial charge >= 0.3 is 5.97 Å². The normalized spacial score (nSPS) is 10.5. The second-order valence-corrected chi connectivity index (χ2v) is 5.54. The van der Waals surface area contributed by atoms with E-state index in [2.05, 4.69) is 20.9 Å². The maximum absolute atomic E-state index is 13.1. The molecule has 2 rings (SSSR count). The van der Waals surface area contributed by atoms with Crippen LogP contribution in [0.25, 0.3) is 10.6 Å². The van der Waals surface area contributed by atoms with E-state index in [1.54, 1.807) is 0 Å². The number of carboxylic acid groups (broad SMARTS) is 1. The summed E-state index contributed by atoms with van der Waals surface area (Å²) in [5.74, 6) is -2.04. The zero-order valence-corrected chi connectivity index (χ0v) is 12.0. The third-order valence-corrected chi connectivity index (χ3v) is 4.13. The molecule has 0 unspecified atom stereocenters. The van der Waals surface area contributed by atoms with Crippen LogP contribution in [0, 0.1) is 5.82 Å². The lowest BCUT2D eigenvalue weighted by Gasteiger charge is -1.98. The average molecular weight is 344 g/mol. The fourth-order valence-corrected chi connectivity index (χ4v) is 2.78. The van der Waals surface area contributed by atoms with Gasteiger partial charge in [-0.15, -0.1) is 11.3 Å². The van der Waals surface area contributed by atoms with Crippen molar-refractivity contribution in [1.82, 2.24) is 4.98 Å². The molecule has 1 heterocycles. The molecule has 0 saturated heterocycles. The maximum atomic E-state index is 13.1. The molecule has 0 bridgehead atoms. The minimum Gasteiger partial charge on any atom is -0.476 e. The lowest BCUT2D eigenvalue weighted by Crippen LogP contribution is -2.03. The zero-order chi connectivity index (χ0) is 14.2. The molecule has 0 fully saturated rings. The number of aromatic carboxylic acids is 1. The number of thiazole rings is 1. The van der Waals surface area contributed by atoms with E-state index in [0.29, 0.717) is 10.6 Å². The van der Waals surface area contributed by atoms with Gasteiger partial charge in [0, 0.05) is 12.5 Å². The summed E-state index contributed by atoms with van der Waals surface area (Å²) in [6.45, 7) is 1.28. The molecular weight excluding hydrogens is 337 g/mol. The Morgan fingerprint density at radius 2 is 2.11 bits per heavy atom. The van der Waals surface area contributed by atoms with Crippen LogP contribution in [0.4, 0.5) is 4.39 Å². The predicted molar refractivity (Wildman–Crippen MR) is 72.2 cm³/mol. The molecule has 0 aliphatic carbocycles. The van der Waals surface area contributed by atoms with Crippen LogP contribution in [0.5, 0.6) is 0 Å². The fourth-order valence-electron chi connectivity index (χ4n) is 1.46. The Labute approximate surface area is 120 Å². The number of carbonyl (C=O) groups excluding carboxylic acids is 1. The Balaban J connectivity index is 2.57. The van der Waals surface area contributed by atoms with E-state index in [1.807, 2.05) is 0 Å². The molecule has 0 amide bonds. The lowest BCUT2D eigenvalue weighted by molar-refractivity contribution is 0.0687. The maximum Gasteiger partial charge on any atom is 0.356 e. The first-order valence-corrected chi connectivity index (χ1v) is 6.71. The van der Waals surface area contributed by atoms with E-state index in [-0.39, 0.29) is 20.8 Å². The van der Waals surface area contributed by atoms with Crippen molar-refractivity contribution in [3.63, 3.8) is 0 Å². The molecule has 0 aliphatic rings. The van der Waals surface area contributed by atoms with Crippen molar-refractivity contribution in [2.75, 3.05) is 0 Å². The number of nitrogens with zero attached hydrogens (tertiary/aromatic N) is 1. The molecule has 0 radical (unpaired) electrons. The molecule has 1 N–H and O–H groups in total. The quantitative estimate of drug-likeness (QED) is 0.864. The number of Topliss-reactive ketones (excluding diaryl/α,β-unsaturated/α-hetero) is 1. The van der Waals surface area contributed by atoms with Gasteiger partial charge in [-0.25, -0.2) is 14.2 Å². The first-order chi connectivity index (χ1) is 8.90. The van der Waals surface area contributed by atoms with E-state index in [1.165, 1.54) is 25.1 Å². The predicted octanol–water partition coefficient (Wildman–Crippen LogP) is 3.61. The number of carbonyl (C=O) groups is 2. The highest BCUT2D eigenvalue weighted by molar-refractivity contribution is 9.10. The van der Waals surface area contributed by atoms with Crippen molar-refractivity contribution in [3.05, 3.63) is 39.1 Å². The van der Waals surface area contributed by atoms with Crippen LogP contribution in [0.3, 0.4) is 0 Å². The van der Waals surface area contributed by atoms with Gasteiger partial charge in [0.2, 0.25) is 0 Å². The Morgan fingerprint density at radius 1 is 1.42 bits per heavy atom. The second-order valence-electron chi connectivity index (χ2n) is 3.69. The SMILES string of the molecule is CC(=O)c1sc(-c2ccc(F)c(Br)c2)nc1C(=O)O. The minimum atomic E-state index is -1.26. The number of ketones is 1. The van der Waals surface area contributed by atoms with E-state index < -0.39 is 11.8 Å². The standard InChI is InChI=1S/C12H7BrFNO3S/c1-5(16)10-9(12(17)18)15-11(19-10)6-2-3-8(14)7(13)4-6/h2-4H,1H3,(H,17,18). The van der Waals surface area contributed by atoms with Crippen molar-refractivity contribution in [2.24, 2.45) is 0 Å². The van der Waals surface area contributed by atoms with Crippen LogP contribution in [0.15, 0.2) is 22.7 Å². The first kappa shape index (κ1) is 13.8. The van der Waals surface area contributed by atoms with Crippen LogP contribution in [-0.2, 0) is 0 Å². The van der Waals surface area contributed by atoms with Crippen molar-refractivity contribution in [1.29, 1.82) is 0 Å². The Kier molecular flexibility index (Phi) is 3.77. The number of halogens is 2. The molecule has 4 nitrogen and oxygen atoms in total. The number of hydrogen-bond acceptors (Lipinski definition) is 4. The molecule has 1 aromatic carbocycles. The molecule has 7 heteroatoms. The summed E-state index contributed by atoms with van der Waals surface area (Å²) in [4.78, 5) is 26.4. The highest BCUT2D eigenvalue weighted by Crippen LogP contribution is 2.31. The van der Waals surface area contributed by atoms with Crippen molar-refractivity contribution in [3.8, 4) is 10.6 Å². The number of rotatable bonds is 3. The van der Waals surface area contributed by atoms with Crippen LogP contribution >= 0.6 is 27.3 Å². The second kappa shape index (κ2) is 5.18. The molecule has 1 aromatic heterocycles. The van der Waals surface area contributed by atoms with Crippen LogP contribution in [0.1, 0.15) is 27.1 Å². The van der Waals surface area contributed by atoms with Gasteiger partial charge in [0.1, 0.15) is 15.7 Å². The molecule has 0 aliphatic heterocycles. The van der Waals surface area contributed by atoms with Gasteiger partial charge in [-0.05, 0) is 34.1 Å². The summed E-state index contributed by atoms with van der Waals surface area (Å²) >= 11 is 4.02. The third kappa shape index (κ3) is 2.71. The van der Waals surface area contributed by atoms with Gasteiger partial charge in [-0.2, -0.15) is 0 Å². The largest absolute Gasteiger partial charge is 0.476 e. The molecular formula is C12H7BrFNO3S. The summed E-state index contributed by atoms with van der Waals surface area (Å²) in [7, 11) is 0. The van der Waals surface area contributed by atoms with Crippen LogP contribution < -0.4 is 0 Å². The molecule has 0 spiro atoms. The van der Waals surface area contributed by atoms with Crippen molar-refractivity contribution >= 4 is 39.0 Å². The Morgan fingerprint density at radius 3 is 2.58 bits per heavy atom. The first-order valence-electron chi connectivity index (χ1n) is 5.10. The van der Waals surface area contributed by atoms with E-state index in [0.717, 1.165) is 11.3 Å². The van der Waals surface area contributed by atoms with Crippen LogP contribution in [-0.4, -0.2) is 21.8 Å². The van der Waals surface area contributed by atoms with Gasteiger partial charge in [0.15, 0.2) is 11.5 Å². The average Bonchev–Trinajstić information content (AvgIpc) is 2.78. The zero-order valence-electron chi connectivity index (χ0n) is 9.61. The van der Waals surface area contributed by atoms with Gasteiger partial charge in [-0.3, -0.25) is 4.79 Å². The van der Waals surface area contributed by atoms with Crippen LogP contribution in [0.2, 0.25) is 0 Å². The summed E-state index contributed by atoms with van der Waals surface area (Å²) in [6, 6.07) is 4.22. The lowest BCUT2D eigenvalue weighted by atomic mass is 10.2. The van der Waals surface area contributed by atoms with E-state index in [9.17, 15) is 14.0 Å². The topological polar surface area (TPSA) is 67.3 Å². The summed E-state index contributed by atoms with van der Waals surface area (Å²) in [5.41, 5.74) is 0.279. The Bertz CT molecular complexity index is 652. The highest BCUT2D eigenvalue weighted by Gasteiger charge is 2.21. The summed E-state index contributed by atoms with van der Waals surface area (Å²) in [5, 5.41) is 9.36. The third-order valence-electron chi connectivity index (χ3n) is 2.32. The van der Waals surface area contributed by atoms with Gasteiger partial charge in [0.25, 0.3) is 0 Å². The molecule has 2 aromatic rings. The monoisotopic (exact) mass is 343 g/mol. The molecule has 0 atom stereocenters. The fraction of sp³-hybridized carbons (Fsp3) is 0.0833. The minimum absolute atomic E-state index is 0.0861. The highest BCUT2D eigenvalue weighted by atomic mass is 79.9. The molecule has 98 valence electrons. The summed E-state index contributed by atoms with van der Waals surface area (Å²) in [6.07, 6.45) is 0. The van der Waals surface area contributed by atoms with Gasteiger partial charge < -0.3 is 5.11 Å². The number of benzene rings is 1. The number of hydrogen-bond donors (Lipinski definition) is 1. The molecule has 0 saturated carbocycles. The van der Waals surface area contributed by atoms with Gasteiger partial charge in [-0.1, -0.05) is 0 Å². The summed E-state index contributed by atoms with van der Waals surface area (Å²) < 4.78 is 13.4. The van der Waals surface area contributed by atoms with Gasteiger partial charge in [0.05, 0.1) is 4.47 Å². The van der Waals surface area contributed by atoms with E-state index >= 15 is 0 Å². The van der Waals surface area contributed by atoms with E-state index in [4.69, 9.17) is 5.11 Å². The smallest absolute Gasteiger partial charge is 0.356 e. The van der Waals surface area contributed by atoms with Crippen molar-refractivity contribution in [2.45, 2.75) is 6.92 Å². The number of aromatic nitrogens is 1. The van der Waals surface area contributed by atoms with Crippen molar-refractivity contribution < 1.29 is 19.1 Å².